The molecule has 7 nitrogen and oxygen atoms in total. The fraction of sp³-hybridized carbons (Fsp3) is 0.375. The van der Waals surface area contributed by atoms with Gasteiger partial charge in [-0.15, -0.1) is 0 Å². The second kappa shape index (κ2) is 15.4. The van der Waals surface area contributed by atoms with Gasteiger partial charge in [-0.05, 0) is 53.3 Å². The minimum absolute atomic E-state index is 0.0261. The summed E-state index contributed by atoms with van der Waals surface area (Å²) in [6, 6.07) is 20.7. The Kier molecular flexibility index (Phi) is 12.3. The monoisotopic (exact) mass is 631 g/mol. The van der Waals surface area contributed by atoms with E-state index in [1.54, 1.807) is 30.3 Å². The second-order valence-electron chi connectivity index (χ2n) is 10.6. The van der Waals surface area contributed by atoms with Gasteiger partial charge in [0.25, 0.3) is 0 Å². The van der Waals surface area contributed by atoms with Crippen molar-refractivity contribution in [2.75, 3.05) is 23.7 Å². The van der Waals surface area contributed by atoms with E-state index in [0.717, 1.165) is 34.5 Å². The Bertz CT molecular complexity index is 1450. The lowest BCUT2D eigenvalue weighted by Gasteiger charge is -2.33. The predicted octanol–water partition coefficient (Wildman–Crippen LogP) is 6.44. The van der Waals surface area contributed by atoms with Gasteiger partial charge in [0, 0.05) is 19.5 Å². The Morgan fingerprint density at radius 3 is 2.14 bits per heavy atom. The maximum absolute atomic E-state index is 14.2. The first kappa shape index (κ1) is 33.4. The van der Waals surface area contributed by atoms with Crippen molar-refractivity contribution in [2.24, 2.45) is 0 Å². The van der Waals surface area contributed by atoms with Crippen LogP contribution < -0.4 is 9.62 Å². The highest BCUT2D eigenvalue weighted by Gasteiger charge is 2.33. The quantitative estimate of drug-likeness (QED) is 0.207. The Morgan fingerprint density at radius 1 is 0.905 bits per heavy atom. The first-order valence-corrected chi connectivity index (χ1v) is 16.6. The standard InChI is InChI=1S/C32H39Cl2N3O4S/c1-5-6-18-35-32(39)30(20-24-10-8-7-9-11-24)36(21-25-12-17-28(33)29(34)19-25)31(38)22-37(42(4,40)41)27-15-13-26(14-16-27)23(2)3/h7-17,19,23,30H,5-6,18,20-22H2,1-4H3,(H,35,39). The number of anilines is 1. The van der Waals surface area contributed by atoms with Crippen molar-refractivity contribution in [3.8, 4) is 0 Å². The number of halogens is 2. The lowest BCUT2D eigenvalue weighted by atomic mass is 10.0. The molecule has 0 spiro atoms. The molecule has 1 unspecified atom stereocenters. The molecule has 0 saturated heterocycles. The van der Waals surface area contributed by atoms with Crippen LogP contribution in [0.25, 0.3) is 0 Å². The molecule has 0 aliphatic heterocycles. The van der Waals surface area contributed by atoms with E-state index in [4.69, 9.17) is 23.2 Å². The third-order valence-corrected chi connectivity index (χ3v) is 8.84. The zero-order valence-corrected chi connectivity index (χ0v) is 26.8. The van der Waals surface area contributed by atoms with E-state index < -0.39 is 28.5 Å². The molecule has 0 bridgehead atoms. The molecule has 226 valence electrons. The van der Waals surface area contributed by atoms with Crippen LogP contribution in [0, 0.1) is 0 Å². The van der Waals surface area contributed by atoms with Crippen LogP contribution in [0.2, 0.25) is 10.0 Å². The smallest absolute Gasteiger partial charge is 0.244 e. The third kappa shape index (κ3) is 9.48. The zero-order chi connectivity index (χ0) is 30.9. The average molecular weight is 633 g/mol. The molecule has 0 aromatic heterocycles. The number of amides is 2. The van der Waals surface area contributed by atoms with Gasteiger partial charge in [0.1, 0.15) is 12.6 Å². The van der Waals surface area contributed by atoms with Gasteiger partial charge in [-0.1, -0.05) is 98.9 Å². The molecule has 3 rings (SSSR count). The molecule has 0 fully saturated rings. The van der Waals surface area contributed by atoms with Crippen LogP contribution in [0.1, 0.15) is 56.2 Å². The molecule has 0 aliphatic rings. The first-order valence-electron chi connectivity index (χ1n) is 14.0. The van der Waals surface area contributed by atoms with Gasteiger partial charge in [0.2, 0.25) is 21.8 Å². The summed E-state index contributed by atoms with van der Waals surface area (Å²) in [5, 5.41) is 3.65. The SMILES string of the molecule is CCCCNC(=O)C(Cc1ccccc1)N(Cc1ccc(Cl)c(Cl)c1)C(=O)CN(c1ccc(C(C)C)cc1)S(C)(=O)=O. The molecule has 0 saturated carbocycles. The summed E-state index contributed by atoms with van der Waals surface area (Å²) in [6.07, 6.45) is 3.00. The minimum Gasteiger partial charge on any atom is -0.354 e. The van der Waals surface area contributed by atoms with Crippen LogP contribution in [-0.4, -0.2) is 50.5 Å². The van der Waals surface area contributed by atoms with Crippen LogP contribution in [0.4, 0.5) is 5.69 Å². The zero-order valence-electron chi connectivity index (χ0n) is 24.5. The highest BCUT2D eigenvalue weighted by atomic mass is 35.5. The van der Waals surface area contributed by atoms with Crippen molar-refractivity contribution in [1.29, 1.82) is 0 Å². The van der Waals surface area contributed by atoms with Gasteiger partial charge < -0.3 is 10.2 Å². The summed E-state index contributed by atoms with van der Waals surface area (Å²) in [4.78, 5) is 29.2. The summed E-state index contributed by atoms with van der Waals surface area (Å²) in [5.41, 5.74) is 2.94. The van der Waals surface area contributed by atoms with Crippen molar-refractivity contribution in [1.82, 2.24) is 10.2 Å². The number of hydrogen-bond acceptors (Lipinski definition) is 4. The molecule has 0 aliphatic carbocycles. The molecule has 0 radical (unpaired) electrons. The van der Waals surface area contributed by atoms with Crippen molar-refractivity contribution in [3.63, 3.8) is 0 Å². The number of unbranched alkanes of at least 4 members (excludes halogenated alkanes) is 1. The number of nitrogens with one attached hydrogen (secondary N) is 1. The van der Waals surface area contributed by atoms with Crippen molar-refractivity contribution in [3.05, 3.63) is 99.5 Å². The molecule has 10 heteroatoms. The van der Waals surface area contributed by atoms with Crippen molar-refractivity contribution in [2.45, 2.75) is 58.5 Å². The van der Waals surface area contributed by atoms with E-state index in [2.05, 4.69) is 5.32 Å². The maximum Gasteiger partial charge on any atom is 0.244 e. The number of hydrogen-bond donors (Lipinski definition) is 1. The molecule has 1 atom stereocenters. The number of carbonyl (C=O) groups excluding carboxylic acids is 2. The van der Waals surface area contributed by atoms with E-state index in [1.165, 1.54) is 4.90 Å². The lowest BCUT2D eigenvalue weighted by Crippen LogP contribution is -2.53. The fourth-order valence-corrected chi connectivity index (χ4v) is 5.70. The summed E-state index contributed by atoms with van der Waals surface area (Å²) in [5.74, 6) is -0.571. The van der Waals surface area contributed by atoms with Crippen LogP contribution in [0.15, 0.2) is 72.8 Å². The molecule has 42 heavy (non-hydrogen) atoms. The number of carbonyl (C=O) groups is 2. The summed E-state index contributed by atoms with van der Waals surface area (Å²) in [7, 11) is -3.84. The van der Waals surface area contributed by atoms with E-state index in [9.17, 15) is 18.0 Å². The normalized spacial score (nSPS) is 12.2. The Labute approximate surface area is 259 Å². The molecular formula is C32H39Cl2N3O4S. The molecular weight excluding hydrogens is 593 g/mol. The maximum atomic E-state index is 14.2. The average Bonchev–Trinajstić information content (AvgIpc) is 2.95. The van der Waals surface area contributed by atoms with E-state index in [0.29, 0.717) is 27.8 Å². The Balaban J connectivity index is 2.04. The number of nitrogens with zero attached hydrogens (tertiary/aromatic N) is 2. The number of benzene rings is 3. The van der Waals surface area contributed by atoms with Gasteiger partial charge in [-0.2, -0.15) is 0 Å². The van der Waals surface area contributed by atoms with E-state index in [-0.39, 0.29) is 24.8 Å². The summed E-state index contributed by atoms with van der Waals surface area (Å²) in [6.45, 7) is 6.14. The largest absolute Gasteiger partial charge is 0.354 e. The number of sulfonamides is 1. The molecule has 2 amide bonds. The molecule has 0 heterocycles. The third-order valence-electron chi connectivity index (χ3n) is 6.96. The van der Waals surface area contributed by atoms with Gasteiger partial charge in [0.15, 0.2) is 0 Å². The topological polar surface area (TPSA) is 86.8 Å². The highest BCUT2D eigenvalue weighted by molar-refractivity contribution is 7.92. The van der Waals surface area contributed by atoms with Gasteiger partial charge in [-0.25, -0.2) is 8.42 Å². The van der Waals surface area contributed by atoms with E-state index in [1.807, 2.05) is 63.2 Å². The van der Waals surface area contributed by atoms with Crippen LogP contribution in [-0.2, 0) is 32.6 Å². The predicted molar refractivity (Wildman–Crippen MR) is 172 cm³/mol. The van der Waals surface area contributed by atoms with E-state index >= 15 is 0 Å². The van der Waals surface area contributed by atoms with Crippen LogP contribution >= 0.6 is 23.2 Å². The molecule has 1 N–H and O–H groups in total. The Hall–Kier alpha value is -3.07. The van der Waals surface area contributed by atoms with Crippen LogP contribution in [0.5, 0.6) is 0 Å². The fourth-order valence-electron chi connectivity index (χ4n) is 4.53. The van der Waals surface area contributed by atoms with Gasteiger partial charge in [-0.3, -0.25) is 13.9 Å². The van der Waals surface area contributed by atoms with Crippen molar-refractivity contribution < 1.29 is 18.0 Å². The summed E-state index contributed by atoms with van der Waals surface area (Å²) >= 11 is 12.4. The number of rotatable bonds is 14. The van der Waals surface area contributed by atoms with Gasteiger partial charge in [0.05, 0.1) is 22.0 Å². The van der Waals surface area contributed by atoms with Crippen molar-refractivity contribution >= 4 is 50.7 Å². The van der Waals surface area contributed by atoms with Crippen LogP contribution in [0.3, 0.4) is 0 Å². The van der Waals surface area contributed by atoms with Gasteiger partial charge >= 0.3 is 0 Å². The lowest BCUT2D eigenvalue weighted by molar-refractivity contribution is -0.140. The molecule has 3 aromatic carbocycles. The highest BCUT2D eigenvalue weighted by Crippen LogP contribution is 2.26. The summed E-state index contributed by atoms with van der Waals surface area (Å²) < 4.78 is 27.0. The molecule has 3 aromatic rings. The second-order valence-corrected chi connectivity index (χ2v) is 13.4. The Morgan fingerprint density at radius 2 is 1.57 bits per heavy atom. The minimum atomic E-state index is -3.84. The first-order chi connectivity index (χ1) is 19.9.